The second-order valence-electron chi connectivity index (χ2n) is 15.9. The molecule has 0 saturated carbocycles. The fourth-order valence-corrected chi connectivity index (χ4v) is 8.19. The highest BCUT2D eigenvalue weighted by atomic mass is 16.3. The monoisotopic (exact) mass is 803 g/mol. The van der Waals surface area contributed by atoms with Crippen molar-refractivity contribution in [1.82, 2.24) is 14.5 Å². The van der Waals surface area contributed by atoms with Gasteiger partial charge in [-0.2, -0.15) is 0 Å². The summed E-state index contributed by atoms with van der Waals surface area (Å²) < 4.78 is 87.3. The Kier molecular flexibility index (Phi) is 7.60. The van der Waals surface area contributed by atoms with Gasteiger partial charge in [0.15, 0.2) is 0 Å². The van der Waals surface area contributed by atoms with Crippen LogP contribution in [0, 0.1) is 13.8 Å². The molecule has 0 amide bonds. The minimum absolute atomic E-state index is 0.00447. The molecule has 0 atom stereocenters. The molecule has 0 aliphatic heterocycles. The highest BCUT2D eigenvalue weighted by Crippen LogP contribution is 2.43. The number of fused-ring (bicyclic) bond motifs is 1. The van der Waals surface area contributed by atoms with Gasteiger partial charge in [-0.05, 0) is 135 Å². The van der Waals surface area contributed by atoms with Gasteiger partial charge >= 0.3 is 0 Å². The molecule has 0 bridgehead atoms. The highest BCUT2D eigenvalue weighted by molar-refractivity contribution is 5.98. The Hall–Kier alpha value is -7.04. The van der Waals surface area contributed by atoms with E-state index in [-0.39, 0.29) is 5.75 Å². The number of nitrogens with zero attached hydrogens (tertiary/aromatic N) is 3. The number of rotatable bonds is 8. The summed E-state index contributed by atoms with van der Waals surface area (Å²) in [5.41, 5.74) is 8.64. The maximum absolute atomic E-state index is 11.9. The van der Waals surface area contributed by atoms with E-state index < -0.39 is 37.4 Å². The van der Waals surface area contributed by atoms with Crippen molar-refractivity contribution in [2.45, 2.75) is 59.6 Å². The SMILES string of the molecule is [2H]C(C)(C)c1ccc(-c2ccnc(-c3cc(-c4ccccc4)cc(-c4cccc5c4nc(-c4cc(C)cc(C)c4O)n5-c4ccc(C(C([2H])([2H])[2H])(C([2H])([2H])[2H])C([2H])([2H])[2H])cc4-c4ccccc4)c3)c2)cc1. The molecule has 61 heavy (non-hydrogen) atoms. The van der Waals surface area contributed by atoms with Gasteiger partial charge in [-0.15, -0.1) is 0 Å². The molecule has 9 aromatic rings. The highest BCUT2D eigenvalue weighted by Gasteiger charge is 2.25. The lowest BCUT2D eigenvalue weighted by atomic mass is 9.85. The number of aromatic nitrogens is 3. The summed E-state index contributed by atoms with van der Waals surface area (Å²) in [7, 11) is 0. The largest absolute Gasteiger partial charge is 0.507 e. The molecule has 0 aliphatic carbocycles. The van der Waals surface area contributed by atoms with E-state index in [0.29, 0.717) is 44.8 Å². The molecule has 0 spiro atoms. The van der Waals surface area contributed by atoms with Crippen LogP contribution >= 0.6 is 0 Å². The van der Waals surface area contributed by atoms with Crippen molar-refractivity contribution in [2.75, 3.05) is 0 Å². The van der Waals surface area contributed by atoms with Crippen LogP contribution in [0.1, 0.15) is 76.3 Å². The molecule has 4 heteroatoms. The van der Waals surface area contributed by atoms with E-state index in [1.165, 1.54) is 12.1 Å². The summed E-state index contributed by atoms with van der Waals surface area (Å²) in [5, 5.41) is 11.9. The summed E-state index contributed by atoms with van der Waals surface area (Å²) >= 11 is 0. The van der Waals surface area contributed by atoms with Gasteiger partial charge in [0.2, 0.25) is 0 Å². The molecular formula is C57H51N3O. The van der Waals surface area contributed by atoms with Crippen LogP contribution in [0.5, 0.6) is 5.75 Å². The van der Waals surface area contributed by atoms with E-state index in [4.69, 9.17) is 23.7 Å². The standard InChI is InChI=1S/C57H51N3O/c1-36(2)39-21-23-41(24-22-39)43-27-28-58-51(34-43)46-32-44(40-15-10-8-11-16-40)31-45(33-46)48-19-14-20-53-54(48)59-56(50-30-37(3)29-38(4)55(50)61)60(53)52-26-25-47(57(5,6)7)35-49(52)42-17-12-9-13-18-42/h8-36,61H,1-7H3/i5D3,6D3,7D3,36D. The number of phenolic OH excluding ortho intramolecular Hbond substituents is 1. The van der Waals surface area contributed by atoms with Gasteiger partial charge in [0, 0.05) is 36.6 Å². The Morgan fingerprint density at radius 3 is 2.00 bits per heavy atom. The van der Waals surface area contributed by atoms with Crippen molar-refractivity contribution in [3.05, 3.63) is 192 Å². The Labute approximate surface area is 373 Å². The zero-order valence-corrected chi connectivity index (χ0v) is 34.5. The van der Waals surface area contributed by atoms with Gasteiger partial charge in [0.25, 0.3) is 0 Å². The van der Waals surface area contributed by atoms with E-state index >= 15 is 0 Å². The third kappa shape index (κ3) is 7.66. The van der Waals surface area contributed by atoms with Crippen LogP contribution in [-0.2, 0) is 5.41 Å². The first-order valence-electron chi connectivity index (χ1n) is 25.3. The number of phenols is 1. The van der Waals surface area contributed by atoms with Crippen molar-refractivity contribution in [3.8, 4) is 78.6 Å². The predicted octanol–water partition coefficient (Wildman–Crippen LogP) is 15.2. The van der Waals surface area contributed by atoms with Crippen molar-refractivity contribution in [2.24, 2.45) is 0 Å². The van der Waals surface area contributed by atoms with Crippen molar-refractivity contribution < 1.29 is 18.8 Å². The Morgan fingerprint density at radius 2 is 1.28 bits per heavy atom. The molecule has 0 unspecified atom stereocenters. The third-order valence-electron chi connectivity index (χ3n) is 11.3. The number of benzene rings is 7. The number of hydrogen-bond acceptors (Lipinski definition) is 3. The second-order valence-corrected chi connectivity index (χ2v) is 15.9. The van der Waals surface area contributed by atoms with Crippen LogP contribution < -0.4 is 0 Å². The Bertz CT molecular complexity index is 3410. The normalized spacial score (nSPS) is 15.0. The van der Waals surface area contributed by atoms with E-state index in [2.05, 4.69) is 24.3 Å². The van der Waals surface area contributed by atoms with Gasteiger partial charge in [0.05, 0.1) is 28.0 Å². The van der Waals surface area contributed by atoms with Crippen molar-refractivity contribution in [3.63, 3.8) is 0 Å². The minimum atomic E-state index is -3.49. The quantitative estimate of drug-likeness (QED) is 0.166. The lowest BCUT2D eigenvalue weighted by Crippen LogP contribution is -2.12. The van der Waals surface area contributed by atoms with Crippen LogP contribution in [0.25, 0.3) is 83.9 Å². The van der Waals surface area contributed by atoms with Crippen LogP contribution in [0.4, 0.5) is 0 Å². The number of para-hydroxylation sites is 1. The Balaban J connectivity index is 1.33. The van der Waals surface area contributed by atoms with Gasteiger partial charge in [-0.1, -0.05) is 144 Å². The van der Waals surface area contributed by atoms with Crippen LogP contribution in [0.3, 0.4) is 0 Å². The molecule has 0 fully saturated rings. The van der Waals surface area contributed by atoms with E-state index in [1.54, 1.807) is 43.5 Å². The summed E-state index contributed by atoms with van der Waals surface area (Å²) in [6.07, 6.45) is 1.79. The van der Waals surface area contributed by atoms with Crippen LogP contribution in [-0.4, -0.2) is 19.6 Å². The minimum Gasteiger partial charge on any atom is -0.507 e. The maximum atomic E-state index is 11.9. The first kappa shape index (κ1) is 29.2. The topological polar surface area (TPSA) is 50.9 Å². The van der Waals surface area contributed by atoms with E-state index in [0.717, 1.165) is 55.8 Å². The number of aromatic hydroxyl groups is 1. The maximum Gasteiger partial charge on any atom is 0.149 e. The zero-order valence-electron chi connectivity index (χ0n) is 44.5. The molecule has 0 saturated heterocycles. The average Bonchev–Trinajstić information content (AvgIpc) is 3.71. The van der Waals surface area contributed by atoms with E-state index in [9.17, 15) is 5.11 Å². The summed E-state index contributed by atoms with van der Waals surface area (Å²) in [4.78, 5) is 10.3. The summed E-state index contributed by atoms with van der Waals surface area (Å²) in [6, 6.07) is 51.1. The molecule has 7 aromatic carbocycles. The molecule has 300 valence electrons. The van der Waals surface area contributed by atoms with Gasteiger partial charge in [0.1, 0.15) is 11.6 Å². The molecular weight excluding hydrogens is 743 g/mol. The van der Waals surface area contributed by atoms with E-state index in [1.807, 2.05) is 122 Å². The molecule has 9 rings (SSSR count). The zero-order chi connectivity index (χ0) is 50.8. The van der Waals surface area contributed by atoms with Crippen molar-refractivity contribution in [1.29, 1.82) is 0 Å². The lowest BCUT2D eigenvalue weighted by molar-refractivity contribution is 0.472. The molecule has 0 radical (unpaired) electrons. The molecule has 0 aliphatic rings. The number of pyridine rings is 1. The first-order valence-corrected chi connectivity index (χ1v) is 20.3. The van der Waals surface area contributed by atoms with Crippen LogP contribution in [0.2, 0.25) is 0 Å². The van der Waals surface area contributed by atoms with Crippen molar-refractivity contribution >= 4 is 11.0 Å². The molecule has 4 nitrogen and oxygen atoms in total. The second kappa shape index (κ2) is 15.9. The first-order chi connectivity index (χ1) is 33.5. The Morgan fingerprint density at radius 1 is 0.590 bits per heavy atom. The molecule has 1 N–H and O–H groups in total. The number of imidazole rings is 1. The van der Waals surface area contributed by atoms with Gasteiger partial charge in [-0.3, -0.25) is 9.55 Å². The van der Waals surface area contributed by atoms with Gasteiger partial charge in [-0.25, -0.2) is 4.98 Å². The third-order valence-corrected chi connectivity index (χ3v) is 11.3. The predicted molar refractivity (Wildman–Crippen MR) is 255 cm³/mol. The van der Waals surface area contributed by atoms with Gasteiger partial charge < -0.3 is 5.11 Å². The average molecular weight is 804 g/mol. The fraction of sp³-hybridized carbons (Fsp3) is 0.158. The summed E-state index contributed by atoms with van der Waals surface area (Å²) in [6.45, 7) is -3.00. The number of hydrogen-bond donors (Lipinski definition) is 1. The summed E-state index contributed by atoms with van der Waals surface area (Å²) in [5.74, 6) is -0.403. The van der Waals surface area contributed by atoms with Crippen LogP contribution in [0.15, 0.2) is 170 Å². The number of aryl methyl sites for hydroxylation is 2. The molecule has 2 aromatic heterocycles. The smallest absolute Gasteiger partial charge is 0.149 e. The molecule has 2 heterocycles. The lowest BCUT2D eigenvalue weighted by Gasteiger charge is -2.23. The fourth-order valence-electron chi connectivity index (χ4n) is 8.19.